The monoisotopic (exact) mass is 376 g/mol. The van der Waals surface area contributed by atoms with Crippen molar-refractivity contribution in [3.63, 3.8) is 0 Å². The van der Waals surface area contributed by atoms with Crippen LogP contribution in [0.4, 0.5) is 15.7 Å². The first-order valence-electron chi connectivity index (χ1n) is 7.74. The van der Waals surface area contributed by atoms with E-state index >= 15 is 0 Å². The van der Waals surface area contributed by atoms with E-state index < -0.39 is 6.09 Å². The van der Waals surface area contributed by atoms with E-state index in [1.807, 2.05) is 6.07 Å². The van der Waals surface area contributed by atoms with Crippen molar-refractivity contribution < 1.29 is 19.4 Å². The molecule has 1 atom stereocenters. The first-order valence-corrected chi connectivity index (χ1v) is 8.56. The number of rotatable bonds is 5. The standard InChI is InChI=1S/C15H16N6O4S/c1-9-18-12(20-14-17-6-11(5-16)26-14)4-13(19-9)25-8-10-7-21(15(22)23)2-3-24-10/h4,6,10H,2-3,7-8H2,1H3,(H,22,23)(H,17,18,19,20). The summed E-state index contributed by atoms with van der Waals surface area (Å²) < 4.78 is 11.2. The first-order chi connectivity index (χ1) is 12.5. The van der Waals surface area contributed by atoms with E-state index in [9.17, 15) is 4.79 Å². The van der Waals surface area contributed by atoms with E-state index in [4.69, 9.17) is 19.8 Å². The molecule has 11 heteroatoms. The minimum Gasteiger partial charge on any atom is -0.475 e. The number of ether oxygens (including phenoxy) is 2. The number of thiazole rings is 1. The molecule has 0 spiro atoms. The fourth-order valence-corrected chi connectivity index (χ4v) is 2.96. The van der Waals surface area contributed by atoms with E-state index in [1.54, 1.807) is 13.0 Å². The molecule has 26 heavy (non-hydrogen) atoms. The Morgan fingerprint density at radius 3 is 3.19 bits per heavy atom. The van der Waals surface area contributed by atoms with Gasteiger partial charge in [0.25, 0.3) is 0 Å². The molecule has 1 amide bonds. The van der Waals surface area contributed by atoms with E-state index in [-0.39, 0.29) is 19.3 Å². The average Bonchev–Trinajstić information content (AvgIpc) is 3.07. The highest BCUT2D eigenvalue weighted by Gasteiger charge is 2.24. The molecule has 1 aliphatic rings. The summed E-state index contributed by atoms with van der Waals surface area (Å²) >= 11 is 1.21. The number of amides is 1. The zero-order valence-corrected chi connectivity index (χ0v) is 14.7. The van der Waals surface area contributed by atoms with Crippen LogP contribution in [0, 0.1) is 18.3 Å². The van der Waals surface area contributed by atoms with Crippen LogP contribution in [0.3, 0.4) is 0 Å². The van der Waals surface area contributed by atoms with Gasteiger partial charge in [-0.25, -0.2) is 14.8 Å². The van der Waals surface area contributed by atoms with Crippen molar-refractivity contribution in [3.8, 4) is 11.9 Å². The maximum absolute atomic E-state index is 11.0. The molecule has 2 aromatic rings. The van der Waals surface area contributed by atoms with Crippen LogP contribution in [0.2, 0.25) is 0 Å². The van der Waals surface area contributed by atoms with Crippen LogP contribution in [-0.4, -0.2) is 63.5 Å². The fraction of sp³-hybridized carbons (Fsp3) is 0.400. The van der Waals surface area contributed by atoms with Gasteiger partial charge in [0.15, 0.2) is 5.13 Å². The van der Waals surface area contributed by atoms with Crippen LogP contribution >= 0.6 is 11.3 Å². The lowest BCUT2D eigenvalue weighted by Crippen LogP contribution is -2.47. The van der Waals surface area contributed by atoms with Crippen molar-refractivity contribution in [1.82, 2.24) is 19.9 Å². The van der Waals surface area contributed by atoms with E-state index in [0.29, 0.717) is 40.7 Å². The number of carbonyl (C=O) groups is 1. The summed E-state index contributed by atoms with van der Waals surface area (Å²) in [5.74, 6) is 1.33. The molecule has 3 heterocycles. The second kappa shape index (κ2) is 7.94. The summed E-state index contributed by atoms with van der Waals surface area (Å²) in [7, 11) is 0. The predicted octanol–water partition coefficient (Wildman–Crippen LogP) is 1.61. The van der Waals surface area contributed by atoms with E-state index in [1.165, 1.54) is 22.4 Å². The summed E-state index contributed by atoms with van der Waals surface area (Å²) in [6.07, 6.45) is 0.152. The number of hydrogen-bond donors (Lipinski definition) is 2. The third-order valence-corrected chi connectivity index (χ3v) is 4.31. The number of nitrogens with one attached hydrogen (secondary N) is 1. The van der Waals surface area contributed by atoms with Crippen LogP contribution in [0.15, 0.2) is 12.3 Å². The summed E-state index contributed by atoms with van der Waals surface area (Å²) in [5, 5.41) is 21.4. The Morgan fingerprint density at radius 1 is 1.62 bits per heavy atom. The molecule has 3 rings (SSSR count). The van der Waals surface area contributed by atoms with E-state index in [2.05, 4.69) is 20.3 Å². The number of aryl methyl sites for hydroxylation is 1. The van der Waals surface area contributed by atoms with Crippen molar-refractivity contribution in [2.75, 3.05) is 31.6 Å². The molecular formula is C15H16N6O4S. The average molecular weight is 376 g/mol. The topological polar surface area (TPSA) is 133 Å². The molecule has 1 unspecified atom stereocenters. The summed E-state index contributed by atoms with van der Waals surface area (Å²) in [4.78, 5) is 25.4. The third-order valence-electron chi connectivity index (χ3n) is 3.49. The number of hydrogen-bond acceptors (Lipinski definition) is 9. The Bertz CT molecular complexity index is 836. The van der Waals surface area contributed by atoms with Gasteiger partial charge in [-0.2, -0.15) is 10.2 Å². The third kappa shape index (κ3) is 4.56. The second-order valence-corrected chi connectivity index (χ2v) is 6.47. The van der Waals surface area contributed by atoms with Crippen molar-refractivity contribution in [1.29, 1.82) is 5.26 Å². The number of morpholine rings is 1. The van der Waals surface area contributed by atoms with Crippen LogP contribution in [0.5, 0.6) is 5.88 Å². The zero-order valence-electron chi connectivity index (χ0n) is 13.9. The molecule has 1 fully saturated rings. The molecule has 0 aromatic carbocycles. The second-order valence-electron chi connectivity index (χ2n) is 5.44. The largest absolute Gasteiger partial charge is 0.475 e. The predicted molar refractivity (Wildman–Crippen MR) is 91.7 cm³/mol. The minimum atomic E-state index is -0.970. The van der Waals surface area contributed by atoms with Crippen LogP contribution in [0.1, 0.15) is 10.7 Å². The van der Waals surface area contributed by atoms with Gasteiger partial charge in [0, 0.05) is 12.6 Å². The number of nitrogens with zero attached hydrogens (tertiary/aromatic N) is 5. The van der Waals surface area contributed by atoms with Crippen molar-refractivity contribution in [2.24, 2.45) is 0 Å². The Morgan fingerprint density at radius 2 is 2.46 bits per heavy atom. The number of nitriles is 1. The number of carboxylic acid groups (broad SMARTS) is 1. The lowest BCUT2D eigenvalue weighted by molar-refractivity contribution is -0.0418. The molecule has 0 radical (unpaired) electrons. The summed E-state index contributed by atoms with van der Waals surface area (Å²) in [6, 6.07) is 3.63. The van der Waals surface area contributed by atoms with Gasteiger partial charge in [0.1, 0.15) is 35.3 Å². The SMILES string of the molecule is Cc1nc(Nc2ncc(C#N)s2)cc(OCC2CN(C(=O)O)CCO2)n1. The summed E-state index contributed by atoms with van der Waals surface area (Å²) in [6.45, 7) is 2.84. The quantitative estimate of drug-likeness (QED) is 0.798. The van der Waals surface area contributed by atoms with Gasteiger partial charge in [-0.05, 0) is 6.92 Å². The van der Waals surface area contributed by atoms with Gasteiger partial charge in [0.2, 0.25) is 5.88 Å². The molecule has 0 bridgehead atoms. The molecule has 1 saturated heterocycles. The highest BCUT2D eigenvalue weighted by molar-refractivity contribution is 7.16. The van der Waals surface area contributed by atoms with E-state index in [0.717, 1.165) is 0 Å². The zero-order chi connectivity index (χ0) is 18.5. The minimum absolute atomic E-state index is 0.176. The molecule has 2 N–H and O–H groups in total. The fourth-order valence-electron chi connectivity index (χ4n) is 2.34. The smallest absolute Gasteiger partial charge is 0.407 e. The Hall–Kier alpha value is -2.97. The maximum atomic E-state index is 11.0. The van der Waals surface area contributed by atoms with Gasteiger partial charge >= 0.3 is 6.09 Å². The Kier molecular flexibility index (Phi) is 5.45. The molecule has 1 aliphatic heterocycles. The summed E-state index contributed by atoms with van der Waals surface area (Å²) in [5.41, 5.74) is 0. The lowest BCUT2D eigenvalue weighted by Gasteiger charge is -2.30. The van der Waals surface area contributed by atoms with Crippen molar-refractivity contribution in [3.05, 3.63) is 23.0 Å². The van der Waals surface area contributed by atoms with Crippen LogP contribution < -0.4 is 10.1 Å². The molecule has 10 nitrogen and oxygen atoms in total. The normalized spacial score (nSPS) is 16.8. The van der Waals surface area contributed by atoms with Crippen molar-refractivity contribution >= 4 is 28.4 Å². The van der Waals surface area contributed by atoms with Gasteiger partial charge < -0.3 is 24.8 Å². The van der Waals surface area contributed by atoms with Gasteiger partial charge in [0.05, 0.1) is 19.3 Å². The lowest BCUT2D eigenvalue weighted by atomic mass is 10.3. The Labute approximate surface area is 153 Å². The number of anilines is 2. The first kappa shape index (κ1) is 17.8. The molecular weight excluding hydrogens is 360 g/mol. The van der Waals surface area contributed by atoms with Crippen LogP contribution in [-0.2, 0) is 4.74 Å². The molecule has 0 saturated carbocycles. The maximum Gasteiger partial charge on any atom is 0.407 e. The molecule has 0 aliphatic carbocycles. The van der Waals surface area contributed by atoms with Crippen molar-refractivity contribution in [2.45, 2.75) is 13.0 Å². The van der Waals surface area contributed by atoms with Gasteiger partial charge in [-0.15, -0.1) is 0 Å². The number of aromatic nitrogens is 3. The van der Waals surface area contributed by atoms with Gasteiger partial charge in [-0.1, -0.05) is 11.3 Å². The highest BCUT2D eigenvalue weighted by atomic mass is 32.1. The van der Waals surface area contributed by atoms with Gasteiger partial charge in [-0.3, -0.25) is 0 Å². The van der Waals surface area contributed by atoms with Crippen LogP contribution in [0.25, 0.3) is 0 Å². The molecule has 136 valence electrons. The Balaban J connectivity index is 1.62. The highest BCUT2D eigenvalue weighted by Crippen LogP contribution is 2.23. The molecule has 2 aromatic heterocycles.